The fourth-order valence-electron chi connectivity index (χ4n) is 6.68. The van der Waals surface area contributed by atoms with E-state index in [9.17, 15) is 18.0 Å². The first-order valence-electron chi connectivity index (χ1n) is 14.9. The lowest BCUT2D eigenvalue weighted by molar-refractivity contribution is -0.119. The summed E-state index contributed by atoms with van der Waals surface area (Å²) in [6.07, 6.45) is 1.99. The molecule has 0 saturated heterocycles. The van der Waals surface area contributed by atoms with Crippen LogP contribution >= 0.6 is 11.6 Å². The number of Topliss-reactive ketones (excluding diaryl/α,β-unsaturated/α-hetero) is 2. The summed E-state index contributed by atoms with van der Waals surface area (Å²) in [7, 11) is -2.58. The molecule has 0 bridgehead atoms. The van der Waals surface area contributed by atoms with Gasteiger partial charge in [0.1, 0.15) is 4.90 Å². The van der Waals surface area contributed by atoms with Gasteiger partial charge < -0.3 is 18.6 Å². The molecule has 44 heavy (non-hydrogen) atoms. The molecule has 0 unspecified atom stereocenters. The number of allylic oxidation sites excluding steroid dienone is 4. The second-order valence-corrected chi connectivity index (χ2v) is 15.2. The average molecular weight is 642 g/mol. The first-order valence-corrected chi connectivity index (χ1v) is 16.7. The zero-order chi connectivity index (χ0) is 32.0. The molecule has 2 aromatic rings. The Kier molecular flexibility index (Phi) is 8.79. The number of hydrogen-bond donors (Lipinski definition) is 0. The SMILES string of the molecule is CCOc1cc(C2C3=C(CC(C)(C)CC3=O)N(CCOC)C3=C2C(=O)CC(C)(C)C3)cc(Cl)c1OS(=O)(=O)c1ccccc1. The van der Waals surface area contributed by atoms with Gasteiger partial charge in [-0.15, -0.1) is 0 Å². The smallest absolute Gasteiger partial charge is 0.339 e. The van der Waals surface area contributed by atoms with Crippen molar-refractivity contribution < 1.29 is 31.7 Å². The van der Waals surface area contributed by atoms with Crippen LogP contribution in [0.25, 0.3) is 0 Å². The summed E-state index contributed by atoms with van der Waals surface area (Å²) in [6, 6.07) is 11.0. The molecule has 10 heteroatoms. The van der Waals surface area contributed by atoms with Gasteiger partial charge in [-0.1, -0.05) is 57.5 Å². The molecule has 0 atom stereocenters. The highest BCUT2D eigenvalue weighted by Crippen LogP contribution is 2.55. The molecule has 0 aromatic heterocycles. The van der Waals surface area contributed by atoms with Crippen LogP contribution in [0.2, 0.25) is 5.02 Å². The number of carbonyl (C=O) groups excluding carboxylic acids is 2. The van der Waals surface area contributed by atoms with Gasteiger partial charge >= 0.3 is 10.1 Å². The second-order valence-electron chi connectivity index (χ2n) is 13.3. The van der Waals surface area contributed by atoms with Gasteiger partial charge in [-0.05, 0) is 60.4 Å². The van der Waals surface area contributed by atoms with E-state index in [1.807, 2.05) is 0 Å². The number of nitrogens with zero attached hydrogens (tertiary/aromatic N) is 1. The first kappa shape index (κ1) is 32.3. The fraction of sp³-hybridized carbons (Fsp3) is 0.471. The molecule has 5 rings (SSSR count). The van der Waals surface area contributed by atoms with Crippen LogP contribution < -0.4 is 8.92 Å². The molecule has 1 aliphatic heterocycles. The monoisotopic (exact) mass is 641 g/mol. The largest absolute Gasteiger partial charge is 0.490 e. The van der Waals surface area contributed by atoms with Crippen molar-refractivity contribution in [3.05, 3.63) is 75.6 Å². The minimum atomic E-state index is -4.22. The lowest BCUT2D eigenvalue weighted by Gasteiger charge is -2.49. The van der Waals surface area contributed by atoms with Crippen LogP contribution in [-0.4, -0.2) is 51.8 Å². The molecule has 3 aliphatic rings. The highest BCUT2D eigenvalue weighted by Gasteiger charge is 2.49. The van der Waals surface area contributed by atoms with E-state index in [1.54, 1.807) is 44.4 Å². The van der Waals surface area contributed by atoms with Crippen molar-refractivity contribution in [3.8, 4) is 11.5 Å². The fourth-order valence-corrected chi connectivity index (χ4v) is 7.96. The Morgan fingerprint density at radius 2 is 1.48 bits per heavy atom. The highest BCUT2D eigenvalue weighted by molar-refractivity contribution is 7.87. The van der Waals surface area contributed by atoms with E-state index in [1.165, 1.54) is 12.1 Å². The van der Waals surface area contributed by atoms with Gasteiger partial charge in [-0.3, -0.25) is 9.59 Å². The zero-order valence-electron chi connectivity index (χ0n) is 26.2. The van der Waals surface area contributed by atoms with Crippen LogP contribution in [0, 0.1) is 10.8 Å². The van der Waals surface area contributed by atoms with E-state index >= 15 is 0 Å². The van der Waals surface area contributed by atoms with E-state index < -0.39 is 16.0 Å². The van der Waals surface area contributed by atoms with Crippen molar-refractivity contribution in [3.63, 3.8) is 0 Å². The van der Waals surface area contributed by atoms with E-state index in [0.717, 1.165) is 11.4 Å². The van der Waals surface area contributed by atoms with Crippen molar-refractivity contribution in [2.75, 3.05) is 26.9 Å². The quantitative estimate of drug-likeness (QED) is 0.275. The van der Waals surface area contributed by atoms with E-state index in [2.05, 4.69) is 32.6 Å². The van der Waals surface area contributed by atoms with Crippen molar-refractivity contribution in [1.29, 1.82) is 0 Å². The third-order valence-electron chi connectivity index (χ3n) is 8.43. The number of ether oxygens (including phenoxy) is 2. The summed E-state index contributed by atoms with van der Waals surface area (Å²) >= 11 is 6.80. The molecule has 0 amide bonds. The molecule has 236 valence electrons. The van der Waals surface area contributed by atoms with Crippen LogP contribution in [0.5, 0.6) is 11.5 Å². The first-order chi connectivity index (χ1) is 20.7. The molecule has 1 heterocycles. The lowest BCUT2D eigenvalue weighted by Crippen LogP contribution is -2.45. The van der Waals surface area contributed by atoms with Gasteiger partial charge in [0.25, 0.3) is 0 Å². The van der Waals surface area contributed by atoms with Gasteiger partial charge in [0.05, 0.1) is 18.2 Å². The van der Waals surface area contributed by atoms with Crippen LogP contribution in [0.3, 0.4) is 0 Å². The average Bonchev–Trinajstić information content (AvgIpc) is 2.92. The molecule has 0 N–H and O–H groups in total. The Balaban J connectivity index is 1.72. The normalized spacial score (nSPS) is 20.0. The summed E-state index contributed by atoms with van der Waals surface area (Å²) in [5.41, 5.74) is 3.01. The highest BCUT2D eigenvalue weighted by atomic mass is 35.5. The van der Waals surface area contributed by atoms with Gasteiger partial charge in [-0.2, -0.15) is 8.42 Å². The molecule has 0 fully saturated rings. The van der Waals surface area contributed by atoms with Gasteiger partial charge in [-0.25, -0.2) is 0 Å². The minimum Gasteiger partial charge on any atom is -0.490 e. The summed E-state index contributed by atoms with van der Waals surface area (Å²) in [5.74, 6) is -0.743. The Labute approximate surface area is 265 Å². The Bertz CT molecular complexity index is 1600. The molecular weight excluding hydrogens is 602 g/mol. The maximum atomic E-state index is 14.0. The van der Waals surface area contributed by atoms with E-state index in [0.29, 0.717) is 55.5 Å². The van der Waals surface area contributed by atoms with Crippen LogP contribution in [0.1, 0.15) is 71.8 Å². The lowest BCUT2D eigenvalue weighted by atomic mass is 9.63. The maximum absolute atomic E-state index is 14.0. The molecular formula is C34H40ClNO7S. The predicted octanol–water partition coefficient (Wildman–Crippen LogP) is 6.84. The molecule has 2 aromatic carbocycles. The van der Waals surface area contributed by atoms with Gasteiger partial charge in [0, 0.05) is 55.0 Å². The zero-order valence-corrected chi connectivity index (χ0v) is 27.7. The van der Waals surface area contributed by atoms with Crippen LogP contribution in [-0.2, 0) is 24.4 Å². The number of halogens is 1. The Morgan fingerprint density at radius 3 is 2.00 bits per heavy atom. The number of ketones is 2. The second kappa shape index (κ2) is 12.0. The third kappa shape index (κ3) is 6.19. The number of hydrogen-bond acceptors (Lipinski definition) is 8. The number of rotatable bonds is 9. The predicted molar refractivity (Wildman–Crippen MR) is 168 cm³/mol. The number of carbonyl (C=O) groups is 2. The molecule has 0 saturated carbocycles. The third-order valence-corrected chi connectivity index (χ3v) is 9.95. The molecule has 8 nitrogen and oxygen atoms in total. The minimum absolute atomic E-state index is 0.00347. The summed E-state index contributed by atoms with van der Waals surface area (Å²) < 4.78 is 43.2. The van der Waals surface area contributed by atoms with Crippen molar-refractivity contribution in [1.82, 2.24) is 4.90 Å². The van der Waals surface area contributed by atoms with Gasteiger partial charge in [0.15, 0.2) is 17.3 Å². The number of benzene rings is 2. The van der Waals surface area contributed by atoms with Crippen molar-refractivity contribution >= 4 is 33.3 Å². The van der Waals surface area contributed by atoms with Crippen LogP contribution in [0.4, 0.5) is 0 Å². The molecule has 0 radical (unpaired) electrons. The molecule has 2 aliphatic carbocycles. The number of methoxy groups -OCH3 is 1. The summed E-state index contributed by atoms with van der Waals surface area (Å²) in [6.45, 7) is 11.3. The van der Waals surface area contributed by atoms with Gasteiger partial charge in [0.2, 0.25) is 5.75 Å². The summed E-state index contributed by atoms with van der Waals surface area (Å²) in [5, 5.41) is 0.00347. The van der Waals surface area contributed by atoms with Crippen molar-refractivity contribution in [2.45, 2.75) is 71.1 Å². The standard InChI is InChI=1S/C34H40ClNO7S/c1-7-42-28-16-21(15-23(35)32(28)43-44(39,40)22-11-9-8-10-12-22)29-30-24(17-33(2,3)19-26(30)37)36(13-14-41-6)25-18-34(4,5)20-27(38)31(25)29/h8-12,15-16,29H,7,13-14,17-20H2,1-6H3. The van der Waals surface area contributed by atoms with E-state index in [4.69, 9.17) is 25.3 Å². The van der Waals surface area contributed by atoms with E-state index in [-0.39, 0.29) is 50.4 Å². The molecule has 0 spiro atoms. The van der Waals surface area contributed by atoms with Crippen LogP contribution in [0.15, 0.2) is 69.9 Å². The summed E-state index contributed by atoms with van der Waals surface area (Å²) in [4.78, 5) is 30.2. The maximum Gasteiger partial charge on any atom is 0.339 e. The Hall–Kier alpha value is -3.14. The topological polar surface area (TPSA) is 99.2 Å². The Morgan fingerprint density at radius 1 is 0.909 bits per heavy atom. The van der Waals surface area contributed by atoms with Crippen molar-refractivity contribution in [2.24, 2.45) is 10.8 Å².